The van der Waals surface area contributed by atoms with E-state index < -0.39 is 0 Å². The van der Waals surface area contributed by atoms with Gasteiger partial charge in [-0.05, 0) is 23.8 Å². The van der Waals surface area contributed by atoms with Gasteiger partial charge in [-0.25, -0.2) is 0 Å². The summed E-state index contributed by atoms with van der Waals surface area (Å²) in [6.07, 6.45) is 1.75. The summed E-state index contributed by atoms with van der Waals surface area (Å²) in [5, 5.41) is 0. The van der Waals surface area contributed by atoms with Gasteiger partial charge in [-0.3, -0.25) is 4.79 Å². The third-order valence-corrected chi connectivity index (χ3v) is 1.77. The molecule has 2 heteroatoms. The molecule has 0 heterocycles. The minimum Gasteiger partial charge on any atom is -0.497 e. The first-order valence-electron chi connectivity index (χ1n) is 4.04. The number of hydrogen-bond donors (Lipinski definition) is 0. The van der Waals surface area contributed by atoms with Crippen molar-refractivity contribution in [2.75, 3.05) is 7.11 Å². The van der Waals surface area contributed by atoms with Crippen LogP contribution in [-0.2, 0) is 11.2 Å². The molecule has 0 spiro atoms. The van der Waals surface area contributed by atoms with Crippen LogP contribution in [0, 0.1) is 0 Å². The molecule has 0 bridgehead atoms. The molecule has 0 saturated heterocycles. The predicted molar refractivity (Wildman–Crippen MR) is 51.9 cm³/mol. The quantitative estimate of drug-likeness (QED) is 0.656. The molecule has 0 aromatic heterocycles. The van der Waals surface area contributed by atoms with Crippen LogP contribution in [0.3, 0.4) is 0 Å². The molecule has 0 fully saturated rings. The molecular weight excluding hydrogens is 164 g/mol. The van der Waals surface area contributed by atoms with Crippen LogP contribution in [0.4, 0.5) is 0 Å². The van der Waals surface area contributed by atoms with Crippen LogP contribution in [0.2, 0.25) is 0 Å². The maximum absolute atomic E-state index is 11.0. The summed E-state index contributed by atoms with van der Waals surface area (Å²) in [5.41, 5.74) is 0.978. The first kappa shape index (κ1) is 9.52. The van der Waals surface area contributed by atoms with Crippen LogP contribution in [0.25, 0.3) is 0 Å². The van der Waals surface area contributed by atoms with Crippen LogP contribution in [-0.4, -0.2) is 12.9 Å². The zero-order valence-electron chi connectivity index (χ0n) is 7.62. The lowest BCUT2D eigenvalue weighted by atomic mass is 10.1. The monoisotopic (exact) mass is 176 g/mol. The van der Waals surface area contributed by atoms with E-state index >= 15 is 0 Å². The molecule has 0 N–H and O–H groups in total. The smallest absolute Gasteiger partial charge is 0.159 e. The van der Waals surface area contributed by atoms with Crippen molar-refractivity contribution in [1.82, 2.24) is 0 Å². The highest BCUT2D eigenvalue weighted by molar-refractivity contribution is 5.90. The van der Waals surface area contributed by atoms with Crippen molar-refractivity contribution >= 4 is 5.78 Å². The average Bonchev–Trinajstić information content (AvgIpc) is 2.19. The number of rotatable bonds is 4. The highest BCUT2D eigenvalue weighted by atomic mass is 16.5. The van der Waals surface area contributed by atoms with Gasteiger partial charge in [-0.15, -0.1) is 0 Å². The Bertz CT molecular complexity index is 298. The molecule has 1 rings (SSSR count). The summed E-state index contributed by atoms with van der Waals surface area (Å²) in [7, 11) is 1.61. The minimum atomic E-state index is 0.0326. The Hall–Kier alpha value is -1.57. The maximum atomic E-state index is 11.0. The number of carbonyl (C=O) groups excluding carboxylic acids is 1. The van der Waals surface area contributed by atoms with E-state index in [2.05, 4.69) is 6.58 Å². The number of benzene rings is 1. The number of methoxy groups -OCH3 is 1. The van der Waals surface area contributed by atoms with E-state index in [1.54, 1.807) is 7.11 Å². The fraction of sp³-hybridized carbons (Fsp3) is 0.182. The van der Waals surface area contributed by atoms with Crippen LogP contribution in [0.1, 0.15) is 5.56 Å². The minimum absolute atomic E-state index is 0.0326. The van der Waals surface area contributed by atoms with Crippen molar-refractivity contribution < 1.29 is 9.53 Å². The predicted octanol–water partition coefficient (Wildman–Crippen LogP) is 1.99. The van der Waals surface area contributed by atoms with Gasteiger partial charge in [0.2, 0.25) is 0 Å². The van der Waals surface area contributed by atoms with Gasteiger partial charge in [-0.2, -0.15) is 0 Å². The van der Waals surface area contributed by atoms with Crippen molar-refractivity contribution in [3.63, 3.8) is 0 Å². The molecule has 2 nitrogen and oxygen atoms in total. The van der Waals surface area contributed by atoms with Gasteiger partial charge in [-0.1, -0.05) is 18.7 Å². The third-order valence-electron chi connectivity index (χ3n) is 1.77. The molecule has 0 atom stereocenters. The van der Waals surface area contributed by atoms with Crippen LogP contribution in [0.5, 0.6) is 5.75 Å². The standard InChI is InChI=1S/C11H12O2/c1-3-10(12)8-9-4-6-11(13-2)7-5-9/h3-7H,1,8H2,2H3. The number of ketones is 1. The number of hydrogen-bond acceptors (Lipinski definition) is 2. The zero-order chi connectivity index (χ0) is 9.68. The molecule has 0 amide bonds. The van der Waals surface area contributed by atoms with Crippen molar-refractivity contribution in [3.05, 3.63) is 42.5 Å². The van der Waals surface area contributed by atoms with Gasteiger partial charge in [0.15, 0.2) is 5.78 Å². The highest BCUT2D eigenvalue weighted by Gasteiger charge is 1.98. The Morgan fingerprint density at radius 3 is 2.54 bits per heavy atom. The largest absolute Gasteiger partial charge is 0.497 e. The van der Waals surface area contributed by atoms with Crippen molar-refractivity contribution in [2.24, 2.45) is 0 Å². The van der Waals surface area contributed by atoms with Gasteiger partial charge < -0.3 is 4.74 Å². The molecule has 1 aromatic carbocycles. The first-order valence-corrected chi connectivity index (χ1v) is 4.04. The van der Waals surface area contributed by atoms with E-state index in [9.17, 15) is 4.79 Å². The second kappa shape index (κ2) is 4.45. The molecule has 0 unspecified atom stereocenters. The molecule has 0 radical (unpaired) electrons. The Morgan fingerprint density at radius 1 is 1.46 bits per heavy atom. The molecule has 0 aliphatic heterocycles. The fourth-order valence-electron chi connectivity index (χ4n) is 1.02. The van der Waals surface area contributed by atoms with Crippen molar-refractivity contribution in [1.29, 1.82) is 0 Å². The zero-order valence-corrected chi connectivity index (χ0v) is 7.62. The average molecular weight is 176 g/mol. The van der Waals surface area contributed by atoms with Gasteiger partial charge in [0.25, 0.3) is 0 Å². The fourth-order valence-corrected chi connectivity index (χ4v) is 1.02. The van der Waals surface area contributed by atoms with E-state index in [0.717, 1.165) is 11.3 Å². The van der Waals surface area contributed by atoms with Crippen molar-refractivity contribution in [3.8, 4) is 5.75 Å². The summed E-state index contributed by atoms with van der Waals surface area (Å²) in [6, 6.07) is 7.43. The van der Waals surface area contributed by atoms with Gasteiger partial charge in [0.1, 0.15) is 5.75 Å². The van der Waals surface area contributed by atoms with E-state index in [1.165, 1.54) is 6.08 Å². The van der Waals surface area contributed by atoms with E-state index in [1.807, 2.05) is 24.3 Å². The van der Waals surface area contributed by atoms with Crippen LogP contribution < -0.4 is 4.74 Å². The maximum Gasteiger partial charge on any atom is 0.159 e. The van der Waals surface area contributed by atoms with Crippen LogP contribution >= 0.6 is 0 Å². The Kier molecular flexibility index (Phi) is 3.26. The van der Waals surface area contributed by atoms with Gasteiger partial charge in [0, 0.05) is 6.42 Å². The highest BCUT2D eigenvalue weighted by Crippen LogP contribution is 2.11. The van der Waals surface area contributed by atoms with Crippen molar-refractivity contribution in [2.45, 2.75) is 6.42 Å². The van der Waals surface area contributed by atoms with Crippen LogP contribution in [0.15, 0.2) is 36.9 Å². The Balaban J connectivity index is 2.69. The lowest BCUT2D eigenvalue weighted by Crippen LogP contribution is -1.97. The SMILES string of the molecule is C=CC(=O)Cc1ccc(OC)cc1. The summed E-state index contributed by atoms with van der Waals surface area (Å²) in [6.45, 7) is 3.42. The normalized spacial score (nSPS) is 9.31. The molecule has 0 aliphatic rings. The third kappa shape index (κ3) is 2.75. The molecule has 0 aliphatic carbocycles. The van der Waals surface area contributed by atoms with E-state index in [4.69, 9.17) is 4.74 Å². The molecule has 0 saturated carbocycles. The molecule has 1 aromatic rings. The molecule has 68 valence electrons. The van der Waals surface area contributed by atoms with E-state index in [0.29, 0.717) is 6.42 Å². The second-order valence-electron chi connectivity index (χ2n) is 2.70. The van der Waals surface area contributed by atoms with Gasteiger partial charge in [0.05, 0.1) is 7.11 Å². The lowest BCUT2D eigenvalue weighted by Gasteiger charge is -2.00. The Morgan fingerprint density at radius 2 is 2.08 bits per heavy atom. The number of ether oxygens (including phenoxy) is 1. The first-order chi connectivity index (χ1) is 6.26. The van der Waals surface area contributed by atoms with E-state index in [-0.39, 0.29) is 5.78 Å². The summed E-state index contributed by atoms with van der Waals surface area (Å²) < 4.78 is 5.00. The lowest BCUT2D eigenvalue weighted by molar-refractivity contribution is -0.114. The molecular formula is C11H12O2. The second-order valence-corrected chi connectivity index (χ2v) is 2.70. The number of allylic oxidation sites excluding steroid dienone is 1. The molecule has 13 heavy (non-hydrogen) atoms. The summed E-state index contributed by atoms with van der Waals surface area (Å²) in [4.78, 5) is 11.0. The number of carbonyl (C=O) groups is 1. The Labute approximate surface area is 77.8 Å². The summed E-state index contributed by atoms with van der Waals surface area (Å²) >= 11 is 0. The van der Waals surface area contributed by atoms with Gasteiger partial charge >= 0.3 is 0 Å². The summed E-state index contributed by atoms with van der Waals surface area (Å²) in [5.74, 6) is 0.833. The topological polar surface area (TPSA) is 26.3 Å².